The highest BCUT2D eigenvalue weighted by Gasteiger charge is 2.11. The van der Waals surface area contributed by atoms with E-state index >= 15 is 0 Å². The van der Waals surface area contributed by atoms with Crippen molar-refractivity contribution in [3.63, 3.8) is 0 Å². The van der Waals surface area contributed by atoms with Gasteiger partial charge in [-0.2, -0.15) is 5.10 Å². The largest absolute Gasteiger partial charge is 0.352 e. The lowest BCUT2D eigenvalue weighted by molar-refractivity contribution is 0.0951. The lowest BCUT2D eigenvalue weighted by Gasteiger charge is -2.19. The van der Waals surface area contributed by atoms with Crippen LogP contribution in [0.1, 0.15) is 48.0 Å². The molecule has 1 N–H and O–H groups in total. The van der Waals surface area contributed by atoms with Gasteiger partial charge in [-0.1, -0.05) is 31.0 Å². The number of carbonyl (C=O) groups is 1. The fourth-order valence-corrected chi connectivity index (χ4v) is 4.07. The van der Waals surface area contributed by atoms with Gasteiger partial charge in [0.2, 0.25) is 0 Å². The standard InChI is InChI=1S/C24H29FN4O/c25-22-10-6-19(7-11-22)18-29-23-16-20(8-9-21(23)17-27-29)24(30)26-12-5-15-28-13-3-1-2-4-14-28/h6-11,16-17H,1-5,12-15,18H2,(H,26,30). The molecule has 0 spiro atoms. The Labute approximate surface area is 176 Å². The van der Waals surface area contributed by atoms with Crippen molar-refractivity contribution >= 4 is 16.8 Å². The third kappa shape index (κ3) is 5.25. The van der Waals surface area contributed by atoms with Gasteiger partial charge in [0, 0.05) is 17.5 Å². The summed E-state index contributed by atoms with van der Waals surface area (Å²) in [5, 5.41) is 8.46. The zero-order valence-corrected chi connectivity index (χ0v) is 17.3. The Bertz CT molecular complexity index is 975. The second kappa shape index (κ2) is 9.85. The van der Waals surface area contributed by atoms with Crippen LogP contribution >= 0.6 is 0 Å². The molecule has 1 aromatic heterocycles. The van der Waals surface area contributed by atoms with Crippen molar-refractivity contribution in [2.45, 2.75) is 38.6 Å². The van der Waals surface area contributed by atoms with Crippen molar-refractivity contribution in [2.75, 3.05) is 26.2 Å². The number of nitrogens with zero attached hydrogens (tertiary/aromatic N) is 3. The first kappa shape index (κ1) is 20.5. The number of carbonyl (C=O) groups excluding carboxylic acids is 1. The number of fused-ring (bicyclic) bond motifs is 1. The lowest BCUT2D eigenvalue weighted by atomic mass is 10.1. The molecule has 0 saturated carbocycles. The number of nitrogens with one attached hydrogen (secondary N) is 1. The molecule has 2 heterocycles. The van der Waals surface area contributed by atoms with Crippen LogP contribution in [0, 0.1) is 5.82 Å². The summed E-state index contributed by atoms with van der Waals surface area (Å²) in [6.07, 6.45) is 8.02. The number of halogens is 1. The van der Waals surface area contributed by atoms with E-state index in [1.807, 2.05) is 22.9 Å². The van der Waals surface area contributed by atoms with E-state index in [1.54, 1.807) is 18.3 Å². The van der Waals surface area contributed by atoms with Gasteiger partial charge in [0.25, 0.3) is 5.91 Å². The van der Waals surface area contributed by atoms with Gasteiger partial charge in [-0.3, -0.25) is 9.48 Å². The molecule has 2 aromatic carbocycles. The Kier molecular flexibility index (Phi) is 6.74. The van der Waals surface area contributed by atoms with Crippen LogP contribution in [0.2, 0.25) is 0 Å². The molecule has 0 atom stereocenters. The molecule has 1 saturated heterocycles. The summed E-state index contributed by atoms with van der Waals surface area (Å²) in [5.74, 6) is -0.304. The molecule has 1 aliphatic heterocycles. The quantitative estimate of drug-likeness (QED) is 0.596. The maximum atomic E-state index is 13.1. The third-order valence-corrected chi connectivity index (χ3v) is 5.79. The van der Waals surface area contributed by atoms with E-state index in [0.29, 0.717) is 18.7 Å². The first-order valence-corrected chi connectivity index (χ1v) is 10.9. The van der Waals surface area contributed by atoms with Crippen molar-refractivity contribution in [2.24, 2.45) is 0 Å². The molecule has 5 nitrogen and oxygen atoms in total. The summed E-state index contributed by atoms with van der Waals surface area (Å²) >= 11 is 0. The maximum Gasteiger partial charge on any atom is 0.251 e. The van der Waals surface area contributed by atoms with Gasteiger partial charge in [-0.25, -0.2) is 4.39 Å². The Morgan fingerprint density at radius 3 is 2.57 bits per heavy atom. The SMILES string of the molecule is O=C(NCCCN1CCCCCC1)c1ccc2cnn(Cc3ccc(F)cc3)c2c1. The number of hydrogen-bond donors (Lipinski definition) is 1. The molecular formula is C24H29FN4O. The highest BCUT2D eigenvalue weighted by molar-refractivity contribution is 5.97. The number of likely N-dealkylation sites (tertiary alicyclic amines) is 1. The molecule has 3 aromatic rings. The van der Waals surface area contributed by atoms with E-state index < -0.39 is 0 Å². The average Bonchev–Trinajstić information content (AvgIpc) is 2.97. The topological polar surface area (TPSA) is 50.2 Å². The first-order chi connectivity index (χ1) is 14.7. The Balaban J connectivity index is 1.35. The van der Waals surface area contributed by atoms with Gasteiger partial charge in [0.1, 0.15) is 5.82 Å². The lowest BCUT2D eigenvalue weighted by Crippen LogP contribution is -2.30. The summed E-state index contributed by atoms with van der Waals surface area (Å²) in [6.45, 7) is 4.63. The van der Waals surface area contributed by atoms with Crippen LogP contribution in [0.4, 0.5) is 4.39 Å². The third-order valence-electron chi connectivity index (χ3n) is 5.79. The first-order valence-electron chi connectivity index (χ1n) is 10.9. The van der Waals surface area contributed by atoms with Crippen LogP contribution < -0.4 is 5.32 Å². The molecule has 1 fully saturated rings. The summed E-state index contributed by atoms with van der Waals surface area (Å²) in [4.78, 5) is 15.1. The maximum absolute atomic E-state index is 13.1. The minimum absolute atomic E-state index is 0.0534. The Morgan fingerprint density at radius 2 is 1.80 bits per heavy atom. The minimum Gasteiger partial charge on any atom is -0.352 e. The highest BCUT2D eigenvalue weighted by Crippen LogP contribution is 2.18. The van der Waals surface area contributed by atoms with Crippen LogP contribution in [0.5, 0.6) is 0 Å². The van der Waals surface area contributed by atoms with E-state index in [-0.39, 0.29) is 11.7 Å². The van der Waals surface area contributed by atoms with Crippen LogP contribution in [0.25, 0.3) is 10.9 Å². The fraction of sp³-hybridized carbons (Fsp3) is 0.417. The molecule has 0 radical (unpaired) electrons. The van der Waals surface area contributed by atoms with Gasteiger partial charge in [-0.05, 0) is 68.7 Å². The van der Waals surface area contributed by atoms with Gasteiger partial charge in [0.15, 0.2) is 0 Å². The molecule has 1 amide bonds. The van der Waals surface area contributed by atoms with E-state index in [9.17, 15) is 9.18 Å². The number of aromatic nitrogens is 2. The second-order valence-corrected chi connectivity index (χ2v) is 8.07. The molecule has 30 heavy (non-hydrogen) atoms. The van der Waals surface area contributed by atoms with Gasteiger partial charge in [-0.15, -0.1) is 0 Å². The normalized spacial score (nSPS) is 15.2. The van der Waals surface area contributed by atoms with Crippen LogP contribution in [-0.2, 0) is 6.54 Å². The summed E-state index contributed by atoms with van der Waals surface area (Å²) in [5.41, 5.74) is 2.50. The average molecular weight is 409 g/mol. The number of benzene rings is 2. The Morgan fingerprint density at radius 1 is 1.03 bits per heavy atom. The molecule has 6 heteroatoms. The van der Waals surface area contributed by atoms with Gasteiger partial charge < -0.3 is 10.2 Å². The molecule has 0 bridgehead atoms. The number of hydrogen-bond acceptors (Lipinski definition) is 3. The molecular weight excluding hydrogens is 379 g/mol. The fourth-order valence-electron chi connectivity index (χ4n) is 4.07. The number of amides is 1. The Hall–Kier alpha value is -2.73. The van der Waals surface area contributed by atoms with Crippen molar-refractivity contribution in [1.29, 1.82) is 0 Å². The van der Waals surface area contributed by atoms with E-state index in [4.69, 9.17) is 0 Å². The van der Waals surface area contributed by atoms with E-state index in [1.165, 1.54) is 50.9 Å². The molecule has 1 aliphatic rings. The predicted molar refractivity (Wildman–Crippen MR) is 117 cm³/mol. The summed E-state index contributed by atoms with van der Waals surface area (Å²) in [6, 6.07) is 12.1. The summed E-state index contributed by atoms with van der Waals surface area (Å²) < 4.78 is 15.0. The van der Waals surface area contributed by atoms with Gasteiger partial charge in [0.05, 0.1) is 18.3 Å². The van der Waals surface area contributed by atoms with Crippen LogP contribution in [0.3, 0.4) is 0 Å². The van der Waals surface area contributed by atoms with Crippen molar-refractivity contribution in [3.8, 4) is 0 Å². The van der Waals surface area contributed by atoms with E-state index in [2.05, 4.69) is 15.3 Å². The molecule has 0 aliphatic carbocycles. The van der Waals surface area contributed by atoms with Crippen LogP contribution in [0.15, 0.2) is 48.7 Å². The zero-order chi connectivity index (χ0) is 20.8. The minimum atomic E-state index is -0.251. The molecule has 158 valence electrons. The van der Waals surface area contributed by atoms with E-state index in [0.717, 1.165) is 29.4 Å². The van der Waals surface area contributed by atoms with Crippen molar-refractivity contribution in [3.05, 3.63) is 65.6 Å². The van der Waals surface area contributed by atoms with Crippen molar-refractivity contribution < 1.29 is 9.18 Å². The number of rotatable bonds is 7. The zero-order valence-electron chi connectivity index (χ0n) is 17.3. The highest BCUT2D eigenvalue weighted by atomic mass is 19.1. The van der Waals surface area contributed by atoms with Crippen molar-refractivity contribution in [1.82, 2.24) is 20.0 Å². The second-order valence-electron chi connectivity index (χ2n) is 8.07. The predicted octanol–water partition coefficient (Wildman–Crippen LogP) is 4.22. The monoisotopic (exact) mass is 408 g/mol. The molecule has 4 rings (SSSR count). The molecule has 0 unspecified atom stereocenters. The van der Waals surface area contributed by atoms with Crippen LogP contribution in [-0.4, -0.2) is 46.8 Å². The van der Waals surface area contributed by atoms with Gasteiger partial charge >= 0.3 is 0 Å². The smallest absolute Gasteiger partial charge is 0.251 e. The summed E-state index contributed by atoms with van der Waals surface area (Å²) in [7, 11) is 0.